The molecular formula is C17H24N4OS. The van der Waals surface area contributed by atoms with E-state index in [1.807, 2.05) is 24.1 Å². The van der Waals surface area contributed by atoms with Crippen LogP contribution in [0.5, 0.6) is 0 Å². The summed E-state index contributed by atoms with van der Waals surface area (Å²) in [6.45, 7) is 4.51. The monoisotopic (exact) mass is 332 g/mol. The molecule has 0 bridgehead atoms. The Balaban J connectivity index is 1.56. The summed E-state index contributed by atoms with van der Waals surface area (Å²) in [4.78, 5) is 18.0. The van der Waals surface area contributed by atoms with E-state index < -0.39 is 0 Å². The van der Waals surface area contributed by atoms with Gasteiger partial charge in [0.2, 0.25) is 5.91 Å². The summed E-state index contributed by atoms with van der Waals surface area (Å²) < 4.78 is 0. The second kappa shape index (κ2) is 7.27. The molecule has 1 fully saturated rings. The Morgan fingerprint density at radius 2 is 2.43 bits per heavy atom. The average molecular weight is 332 g/mol. The number of aromatic nitrogens is 2. The molecule has 1 aliphatic heterocycles. The fourth-order valence-electron chi connectivity index (χ4n) is 3.19. The van der Waals surface area contributed by atoms with E-state index in [4.69, 9.17) is 0 Å². The van der Waals surface area contributed by atoms with E-state index in [2.05, 4.69) is 33.5 Å². The van der Waals surface area contributed by atoms with Crippen LogP contribution in [0.25, 0.3) is 0 Å². The molecule has 3 rings (SSSR count). The molecule has 2 aromatic rings. The SMILES string of the molecule is CC(c1cccs1)N(C)C(=O)CN1CCCC(c2ccn[nH]2)C1. The molecule has 2 aromatic heterocycles. The predicted octanol–water partition coefficient (Wildman–Crippen LogP) is 2.87. The maximum absolute atomic E-state index is 12.6. The first-order chi connectivity index (χ1) is 11.1. The quantitative estimate of drug-likeness (QED) is 0.916. The van der Waals surface area contributed by atoms with Crippen molar-refractivity contribution >= 4 is 17.2 Å². The Bertz CT molecular complexity index is 611. The van der Waals surface area contributed by atoms with Crippen molar-refractivity contribution in [2.24, 2.45) is 0 Å². The van der Waals surface area contributed by atoms with Gasteiger partial charge in [-0.2, -0.15) is 5.10 Å². The summed E-state index contributed by atoms with van der Waals surface area (Å²) in [5.74, 6) is 0.648. The van der Waals surface area contributed by atoms with Gasteiger partial charge in [-0.15, -0.1) is 11.3 Å². The van der Waals surface area contributed by atoms with Crippen LogP contribution in [0.3, 0.4) is 0 Å². The number of rotatable bonds is 5. The number of amides is 1. The molecule has 0 aliphatic carbocycles. The van der Waals surface area contributed by atoms with Gasteiger partial charge in [0.1, 0.15) is 0 Å². The van der Waals surface area contributed by atoms with Gasteiger partial charge in [0.05, 0.1) is 12.6 Å². The largest absolute Gasteiger partial charge is 0.337 e. The van der Waals surface area contributed by atoms with Crippen molar-refractivity contribution in [1.29, 1.82) is 0 Å². The number of likely N-dealkylation sites (tertiary alicyclic amines) is 1. The molecule has 1 N–H and O–H groups in total. The Morgan fingerprint density at radius 1 is 1.57 bits per heavy atom. The third-order valence-electron chi connectivity index (χ3n) is 4.76. The van der Waals surface area contributed by atoms with Crippen molar-refractivity contribution < 1.29 is 4.79 Å². The standard InChI is InChI=1S/C17H24N4OS/c1-13(16-6-4-10-23-16)20(2)17(22)12-21-9-3-5-14(11-21)15-7-8-18-19-15/h4,6-8,10,13-14H,3,5,9,11-12H2,1-2H3,(H,18,19). The molecule has 5 nitrogen and oxygen atoms in total. The summed E-state index contributed by atoms with van der Waals surface area (Å²) in [6, 6.07) is 6.31. The molecule has 0 spiro atoms. The lowest BCUT2D eigenvalue weighted by atomic mass is 9.95. The van der Waals surface area contributed by atoms with E-state index in [0.29, 0.717) is 12.5 Å². The van der Waals surface area contributed by atoms with Crippen LogP contribution >= 0.6 is 11.3 Å². The van der Waals surface area contributed by atoms with E-state index in [-0.39, 0.29) is 11.9 Å². The van der Waals surface area contributed by atoms with Crippen LogP contribution in [0, 0.1) is 0 Å². The molecule has 0 radical (unpaired) electrons. The lowest BCUT2D eigenvalue weighted by Crippen LogP contribution is -2.43. The molecule has 0 aromatic carbocycles. The number of likely N-dealkylation sites (N-methyl/N-ethyl adjacent to an activating group) is 1. The number of hydrogen-bond donors (Lipinski definition) is 1. The fraction of sp³-hybridized carbons (Fsp3) is 0.529. The van der Waals surface area contributed by atoms with Crippen molar-refractivity contribution in [3.8, 4) is 0 Å². The molecule has 1 amide bonds. The van der Waals surface area contributed by atoms with Crippen molar-refractivity contribution in [3.05, 3.63) is 40.3 Å². The minimum Gasteiger partial charge on any atom is -0.337 e. The summed E-state index contributed by atoms with van der Waals surface area (Å²) in [7, 11) is 1.91. The topological polar surface area (TPSA) is 52.2 Å². The molecular weight excluding hydrogens is 308 g/mol. The number of piperidine rings is 1. The molecule has 2 atom stereocenters. The zero-order chi connectivity index (χ0) is 16.2. The first-order valence-corrected chi connectivity index (χ1v) is 9.04. The number of aromatic amines is 1. The second-order valence-electron chi connectivity index (χ2n) is 6.28. The predicted molar refractivity (Wildman–Crippen MR) is 92.5 cm³/mol. The van der Waals surface area contributed by atoms with Crippen LogP contribution in [0.1, 0.15) is 42.3 Å². The molecule has 1 saturated heterocycles. The van der Waals surface area contributed by atoms with Crippen LogP contribution < -0.4 is 0 Å². The van der Waals surface area contributed by atoms with Gasteiger partial charge in [0.25, 0.3) is 0 Å². The number of carbonyl (C=O) groups excluding carboxylic acids is 1. The van der Waals surface area contributed by atoms with E-state index in [1.54, 1.807) is 17.5 Å². The second-order valence-corrected chi connectivity index (χ2v) is 7.26. The molecule has 6 heteroatoms. The number of H-pyrrole nitrogens is 1. The van der Waals surface area contributed by atoms with Gasteiger partial charge in [-0.3, -0.25) is 14.8 Å². The lowest BCUT2D eigenvalue weighted by molar-refractivity contribution is -0.133. The van der Waals surface area contributed by atoms with Crippen LogP contribution in [0.15, 0.2) is 29.8 Å². The number of carbonyl (C=O) groups is 1. The highest BCUT2D eigenvalue weighted by atomic mass is 32.1. The minimum atomic E-state index is 0.135. The Labute approximate surface area is 141 Å². The van der Waals surface area contributed by atoms with Crippen LogP contribution in [-0.2, 0) is 4.79 Å². The first-order valence-electron chi connectivity index (χ1n) is 8.16. The number of hydrogen-bond acceptors (Lipinski definition) is 4. The van der Waals surface area contributed by atoms with Gasteiger partial charge in [0, 0.05) is 36.3 Å². The third kappa shape index (κ3) is 3.82. The van der Waals surface area contributed by atoms with Gasteiger partial charge >= 0.3 is 0 Å². The van der Waals surface area contributed by atoms with Gasteiger partial charge < -0.3 is 4.90 Å². The highest BCUT2D eigenvalue weighted by Crippen LogP contribution is 2.26. The van der Waals surface area contributed by atoms with Crippen LogP contribution in [0.2, 0.25) is 0 Å². The van der Waals surface area contributed by atoms with Gasteiger partial charge in [0.15, 0.2) is 0 Å². The van der Waals surface area contributed by atoms with Gasteiger partial charge in [-0.05, 0) is 43.8 Å². The summed E-state index contributed by atoms with van der Waals surface area (Å²) in [5.41, 5.74) is 1.18. The molecule has 0 saturated carbocycles. The summed E-state index contributed by atoms with van der Waals surface area (Å²) in [5, 5.41) is 9.17. The number of nitrogens with zero attached hydrogens (tertiary/aromatic N) is 3. The van der Waals surface area contributed by atoms with Gasteiger partial charge in [-0.25, -0.2) is 0 Å². The van der Waals surface area contributed by atoms with E-state index in [0.717, 1.165) is 25.9 Å². The lowest BCUT2D eigenvalue weighted by Gasteiger charge is -2.33. The Morgan fingerprint density at radius 3 is 3.13 bits per heavy atom. The Hall–Kier alpha value is -1.66. The van der Waals surface area contributed by atoms with Crippen LogP contribution in [0.4, 0.5) is 0 Å². The average Bonchev–Trinajstić information content (AvgIpc) is 3.26. The van der Waals surface area contributed by atoms with Crippen molar-refractivity contribution in [1.82, 2.24) is 20.0 Å². The Kier molecular flexibility index (Phi) is 5.13. The van der Waals surface area contributed by atoms with Crippen molar-refractivity contribution in [2.75, 3.05) is 26.7 Å². The molecule has 2 unspecified atom stereocenters. The zero-order valence-electron chi connectivity index (χ0n) is 13.7. The molecule has 23 heavy (non-hydrogen) atoms. The zero-order valence-corrected chi connectivity index (χ0v) is 14.6. The van der Waals surface area contributed by atoms with Crippen molar-refractivity contribution in [2.45, 2.75) is 31.7 Å². The van der Waals surface area contributed by atoms with E-state index in [9.17, 15) is 4.79 Å². The maximum Gasteiger partial charge on any atom is 0.237 e. The molecule has 1 aliphatic rings. The first kappa shape index (κ1) is 16.2. The molecule has 3 heterocycles. The number of nitrogens with one attached hydrogen (secondary N) is 1. The summed E-state index contributed by atoms with van der Waals surface area (Å²) in [6.07, 6.45) is 4.09. The fourth-order valence-corrected chi connectivity index (χ4v) is 4.01. The highest BCUT2D eigenvalue weighted by molar-refractivity contribution is 7.10. The maximum atomic E-state index is 12.6. The third-order valence-corrected chi connectivity index (χ3v) is 5.80. The number of thiophene rings is 1. The van der Waals surface area contributed by atoms with Crippen LogP contribution in [-0.4, -0.2) is 52.6 Å². The minimum absolute atomic E-state index is 0.135. The van der Waals surface area contributed by atoms with Gasteiger partial charge in [-0.1, -0.05) is 6.07 Å². The normalized spacial score (nSPS) is 20.3. The smallest absolute Gasteiger partial charge is 0.237 e. The van der Waals surface area contributed by atoms with E-state index in [1.165, 1.54) is 10.6 Å². The van der Waals surface area contributed by atoms with E-state index >= 15 is 0 Å². The van der Waals surface area contributed by atoms with Crippen molar-refractivity contribution in [3.63, 3.8) is 0 Å². The summed E-state index contributed by atoms with van der Waals surface area (Å²) >= 11 is 1.70. The molecule has 124 valence electrons. The highest BCUT2D eigenvalue weighted by Gasteiger charge is 2.26.